The van der Waals surface area contributed by atoms with E-state index in [4.69, 9.17) is 0 Å². The van der Waals surface area contributed by atoms with Crippen molar-refractivity contribution in [2.24, 2.45) is 5.92 Å². The molecule has 18 heavy (non-hydrogen) atoms. The Morgan fingerprint density at radius 2 is 1.94 bits per heavy atom. The Balaban J connectivity index is 3.06. The van der Waals surface area contributed by atoms with Crippen molar-refractivity contribution < 1.29 is 14.8 Å². The van der Waals surface area contributed by atoms with Gasteiger partial charge in [-0.3, -0.25) is 14.9 Å². The molecule has 0 amide bonds. The fourth-order valence-electron chi connectivity index (χ4n) is 2.99. The summed E-state index contributed by atoms with van der Waals surface area (Å²) < 4.78 is 0. The number of hydrogen-bond acceptors (Lipinski definition) is 4. The summed E-state index contributed by atoms with van der Waals surface area (Å²) in [5.74, 6) is -0.648. The van der Waals surface area contributed by atoms with Crippen LogP contribution in [-0.2, 0) is 4.79 Å². The summed E-state index contributed by atoms with van der Waals surface area (Å²) in [7, 11) is 0. The molecule has 0 aromatic carbocycles. The fraction of sp³-hybridized carbons (Fsp3) is 0.923. The monoisotopic (exact) mass is 257 g/mol. The van der Waals surface area contributed by atoms with Gasteiger partial charge in [0.05, 0.1) is 11.5 Å². The van der Waals surface area contributed by atoms with Gasteiger partial charge in [-0.15, -0.1) is 0 Å². The molecule has 0 unspecified atom stereocenters. The van der Waals surface area contributed by atoms with E-state index in [1.807, 2.05) is 6.92 Å². The Labute approximate surface area is 108 Å². The second-order valence-corrected chi connectivity index (χ2v) is 5.37. The number of carbonyl (C=O) groups is 1. The van der Waals surface area contributed by atoms with Gasteiger partial charge in [-0.1, -0.05) is 20.8 Å². The van der Waals surface area contributed by atoms with E-state index in [0.29, 0.717) is 32.1 Å². The van der Waals surface area contributed by atoms with Crippen molar-refractivity contribution in [1.82, 2.24) is 0 Å². The minimum absolute atomic E-state index is 0.0567. The van der Waals surface area contributed by atoms with E-state index < -0.39 is 17.1 Å². The Hall–Kier alpha value is -0.970. The van der Waals surface area contributed by atoms with E-state index in [9.17, 15) is 20.0 Å². The van der Waals surface area contributed by atoms with Crippen molar-refractivity contribution in [2.45, 2.75) is 70.4 Å². The molecule has 0 saturated heterocycles. The first kappa shape index (κ1) is 15.1. The molecule has 5 nitrogen and oxygen atoms in total. The highest BCUT2D eigenvalue weighted by atomic mass is 16.6. The zero-order valence-electron chi connectivity index (χ0n) is 11.4. The van der Waals surface area contributed by atoms with Crippen LogP contribution in [0.5, 0.6) is 0 Å². The second kappa shape index (κ2) is 5.34. The van der Waals surface area contributed by atoms with Gasteiger partial charge in [-0.25, -0.2) is 0 Å². The number of hydrogen-bond donors (Lipinski definition) is 1. The Kier molecular flexibility index (Phi) is 4.48. The number of Topliss-reactive ketones (excluding diaryl/α,β-unsaturated/α-hetero) is 1. The van der Waals surface area contributed by atoms with Crippen LogP contribution in [0, 0.1) is 16.0 Å². The average Bonchev–Trinajstić information content (AvgIpc) is 2.38. The van der Waals surface area contributed by atoms with Crippen molar-refractivity contribution in [3.8, 4) is 0 Å². The van der Waals surface area contributed by atoms with Gasteiger partial charge in [0.2, 0.25) is 5.54 Å². The molecular formula is C13H23NO4. The quantitative estimate of drug-likeness (QED) is 0.605. The smallest absolute Gasteiger partial charge is 0.222 e. The van der Waals surface area contributed by atoms with Crippen LogP contribution in [0.2, 0.25) is 0 Å². The number of carbonyl (C=O) groups excluding carboxylic acids is 1. The molecule has 1 aliphatic rings. The SMILES string of the molecule is CCC(=O)[C@@H]1C[C@@](CC)([N+](=O)[O-])CC[C@]1(O)CC. The number of ketones is 1. The van der Waals surface area contributed by atoms with Gasteiger partial charge in [0, 0.05) is 30.6 Å². The van der Waals surface area contributed by atoms with E-state index in [1.165, 1.54) is 0 Å². The average molecular weight is 257 g/mol. The van der Waals surface area contributed by atoms with Crippen LogP contribution < -0.4 is 0 Å². The molecule has 1 aliphatic carbocycles. The first-order valence-electron chi connectivity index (χ1n) is 6.74. The van der Waals surface area contributed by atoms with Crippen molar-refractivity contribution in [1.29, 1.82) is 0 Å². The Morgan fingerprint density at radius 3 is 2.33 bits per heavy atom. The van der Waals surface area contributed by atoms with Crippen molar-refractivity contribution in [3.63, 3.8) is 0 Å². The third-order valence-corrected chi connectivity index (χ3v) is 4.65. The van der Waals surface area contributed by atoms with Crippen LogP contribution in [0.1, 0.15) is 59.3 Å². The molecule has 5 heteroatoms. The van der Waals surface area contributed by atoms with Crippen LogP contribution in [0.3, 0.4) is 0 Å². The zero-order valence-corrected chi connectivity index (χ0v) is 11.4. The minimum Gasteiger partial charge on any atom is -0.389 e. The second-order valence-electron chi connectivity index (χ2n) is 5.37. The maximum atomic E-state index is 12.0. The minimum atomic E-state index is -1.05. The van der Waals surface area contributed by atoms with Crippen LogP contribution in [0.4, 0.5) is 0 Å². The molecule has 0 spiro atoms. The van der Waals surface area contributed by atoms with Gasteiger partial charge < -0.3 is 5.11 Å². The molecule has 0 bridgehead atoms. The molecule has 0 aliphatic heterocycles. The first-order chi connectivity index (χ1) is 8.35. The number of rotatable bonds is 5. The normalized spacial score (nSPS) is 36.3. The molecule has 1 fully saturated rings. The highest BCUT2D eigenvalue weighted by molar-refractivity contribution is 5.82. The van der Waals surface area contributed by atoms with Crippen LogP contribution >= 0.6 is 0 Å². The largest absolute Gasteiger partial charge is 0.389 e. The summed E-state index contributed by atoms with van der Waals surface area (Å²) in [4.78, 5) is 23.0. The lowest BCUT2D eigenvalue weighted by Crippen LogP contribution is -2.54. The molecule has 3 atom stereocenters. The molecule has 0 aromatic rings. The van der Waals surface area contributed by atoms with E-state index in [-0.39, 0.29) is 17.1 Å². The lowest BCUT2D eigenvalue weighted by Gasteiger charge is -2.43. The first-order valence-corrected chi connectivity index (χ1v) is 6.74. The number of nitrogens with zero attached hydrogens (tertiary/aromatic N) is 1. The molecule has 0 radical (unpaired) electrons. The molecule has 0 heterocycles. The summed E-state index contributed by atoms with van der Waals surface area (Å²) in [5, 5.41) is 21.8. The van der Waals surface area contributed by atoms with Crippen LogP contribution in [0.25, 0.3) is 0 Å². The van der Waals surface area contributed by atoms with E-state index in [0.717, 1.165) is 0 Å². The maximum absolute atomic E-state index is 12.0. The summed E-state index contributed by atoms with van der Waals surface area (Å²) in [6.07, 6.45) is 2.08. The van der Waals surface area contributed by atoms with Gasteiger partial charge in [0.25, 0.3) is 0 Å². The van der Waals surface area contributed by atoms with Crippen molar-refractivity contribution >= 4 is 5.78 Å². The summed E-state index contributed by atoms with van der Waals surface area (Å²) >= 11 is 0. The molecule has 1 saturated carbocycles. The van der Waals surface area contributed by atoms with Crippen molar-refractivity contribution in [2.75, 3.05) is 0 Å². The van der Waals surface area contributed by atoms with E-state index in [1.54, 1.807) is 13.8 Å². The van der Waals surface area contributed by atoms with Crippen LogP contribution in [0.15, 0.2) is 0 Å². The zero-order chi connectivity index (χ0) is 14.0. The lowest BCUT2D eigenvalue weighted by molar-refractivity contribution is -0.579. The van der Waals surface area contributed by atoms with Gasteiger partial charge in [-0.2, -0.15) is 0 Å². The third kappa shape index (κ3) is 2.41. The van der Waals surface area contributed by atoms with Gasteiger partial charge >= 0.3 is 0 Å². The van der Waals surface area contributed by atoms with Gasteiger partial charge in [0.1, 0.15) is 5.78 Å². The summed E-state index contributed by atoms with van der Waals surface area (Å²) in [5.41, 5.74) is -2.08. The predicted octanol–water partition coefficient (Wildman–Crippen LogP) is 2.33. The highest BCUT2D eigenvalue weighted by Crippen LogP contribution is 2.44. The van der Waals surface area contributed by atoms with E-state index in [2.05, 4.69) is 0 Å². The molecule has 0 aromatic heterocycles. The lowest BCUT2D eigenvalue weighted by atomic mass is 9.64. The molecule has 1 N–H and O–H groups in total. The summed E-state index contributed by atoms with van der Waals surface area (Å²) in [6.45, 7) is 5.36. The highest BCUT2D eigenvalue weighted by Gasteiger charge is 2.55. The van der Waals surface area contributed by atoms with E-state index >= 15 is 0 Å². The van der Waals surface area contributed by atoms with Crippen molar-refractivity contribution in [3.05, 3.63) is 10.1 Å². The Morgan fingerprint density at radius 1 is 1.33 bits per heavy atom. The number of nitro groups is 1. The maximum Gasteiger partial charge on any atom is 0.222 e. The fourth-order valence-corrected chi connectivity index (χ4v) is 2.99. The number of aliphatic hydroxyl groups is 1. The predicted molar refractivity (Wildman–Crippen MR) is 67.9 cm³/mol. The molecule has 1 rings (SSSR count). The Bertz CT molecular complexity index is 344. The third-order valence-electron chi connectivity index (χ3n) is 4.65. The molecule has 104 valence electrons. The van der Waals surface area contributed by atoms with Gasteiger partial charge in [-0.05, 0) is 12.8 Å². The standard InChI is InChI=1S/C13H23NO4/c1-4-11(15)10-9-12(5-2,14(17)18)7-8-13(10,16)6-3/h10,16H,4-9H2,1-3H3/t10-,12-,13+/m0/s1. The summed E-state index contributed by atoms with van der Waals surface area (Å²) in [6, 6.07) is 0. The van der Waals surface area contributed by atoms with Crippen LogP contribution in [-0.4, -0.2) is 27.0 Å². The topological polar surface area (TPSA) is 80.4 Å². The molecular weight excluding hydrogens is 234 g/mol. The van der Waals surface area contributed by atoms with Gasteiger partial charge in [0.15, 0.2) is 0 Å².